The first-order valence-electron chi connectivity index (χ1n) is 5.23. The van der Waals surface area contributed by atoms with Crippen molar-refractivity contribution in [2.75, 3.05) is 4.72 Å². The molecule has 20 heavy (non-hydrogen) atoms. The number of aromatic carboxylic acids is 1. The zero-order valence-electron chi connectivity index (χ0n) is 9.82. The average molecular weight is 314 g/mol. The Bertz CT molecular complexity index is 764. The van der Waals surface area contributed by atoms with Crippen molar-refractivity contribution in [2.24, 2.45) is 0 Å². The van der Waals surface area contributed by atoms with E-state index in [0.717, 1.165) is 6.20 Å². The Labute approximate surface area is 119 Å². The van der Waals surface area contributed by atoms with Gasteiger partial charge in [0, 0.05) is 12.4 Å². The molecule has 0 spiro atoms. The lowest BCUT2D eigenvalue weighted by Gasteiger charge is -2.09. The predicted molar refractivity (Wildman–Crippen MR) is 71.3 cm³/mol. The highest BCUT2D eigenvalue weighted by molar-refractivity contribution is 7.92. The lowest BCUT2D eigenvalue weighted by Crippen LogP contribution is -2.17. The van der Waals surface area contributed by atoms with Gasteiger partial charge in [0.15, 0.2) is 11.5 Å². The molecule has 0 amide bonds. The standard InChI is InChI=1S/C11H8ClN3O4S/c12-7-3-1-2-4-8(7)20(18,19)15-10-9(11(16)17)13-5-6-14-10/h1-6H,(H,14,15)(H,16,17). The van der Waals surface area contributed by atoms with Crippen molar-refractivity contribution in [1.82, 2.24) is 9.97 Å². The van der Waals surface area contributed by atoms with Crippen molar-refractivity contribution >= 4 is 33.4 Å². The third-order valence-electron chi connectivity index (χ3n) is 2.26. The van der Waals surface area contributed by atoms with Gasteiger partial charge in [0.1, 0.15) is 4.90 Å². The van der Waals surface area contributed by atoms with Crippen LogP contribution in [-0.4, -0.2) is 29.5 Å². The molecule has 2 aromatic rings. The SMILES string of the molecule is O=C(O)c1nccnc1NS(=O)(=O)c1ccccc1Cl. The number of nitrogens with one attached hydrogen (secondary N) is 1. The van der Waals surface area contributed by atoms with Crippen LogP contribution < -0.4 is 4.72 Å². The van der Waals surface area contributed by atoms with Crippen LogP contribution in [0.1, 0.15) is 10.5 Å². The highest BCUT2D eigenvalue weighted by atomic mass is 35.5. The van der Waals surface area contributed by atoms with E-state index in [0.29, 0.717) is 0 Å². The summed E-state index contributed by atoms with van der Waals surface area (Å²) in [5.41, 5.74) is -0.497. The lowest BCUT2D eigenvalue weighted by atomic mass is 10.4. The summed E-state index contributed by atoms with van der Waals surface area (Å²) in [5.74, 6) is -1.77. The summed E-state index contributed by atoms with van der Waals surface area (Å²) in [6, 6.07) is 5.77. The van der Waals surface area contributed by atoms with E-state index >= 15 is 0 Å². The van der Waals surface area contributed by atoms with Gasteiger partial charge in [-0.1, -0.05) is 23.7 Å². The summed E-state index contributed by atoms with van der Waals surface area (Å²) >= 11 is 5.81. The minimum atomic E-state index is -4.05. The van der Waals surface area contributed by atoms with E-state index in [2.05, 4.69) is 14.7 Å². The normalized spacial score (nSPS) is 11.1. The fourth-order valence-corrected chi connectivity index (χ4v) is 2.95. The molecule has 0 fully saturated rings. The number of nitrogens with zero attached hydrogens (tertiary/aromatic N) is 2. The summed E-state index contributed by atoms with van der Waals surface area (Å²) in [6.07, 6.45) is 2.33. The number of sulfonamides is 1. The largest absolute Gasteiger partial charge is 0.476 e. The van der Waals surface area contributed by atoms with Crippen LogP contribution in [0.2, 0.25) is 5.02 Å². The second kappa shape index (κ2) is 5.43. The Morgan fingerprint density at radius 1 is 1.20 bits per heavy atom. The lowest BCUT2D eigenvalue weighted by molar-refractivity contribution is 0.0691. The molecule has 7 nitrogen and oxygen atoms in total. The van der Waals surface area contributed by atoms with Crippen LogP contribution in [0.5, 0.6) is 0 Å². The van der Waals surface area contributed by atoms with Crippen LogP contribution in [-0.2, 0) is 10.0 Å². The van der Waals surface area contributed by atoms with Crippen LogP contribution in [0, 0.1) is 0 Å². The number of hydrogen-bond acceptors (Lipinski definition) is 5. The van der Waals surface area contributed by atoms with Crippen molar-refractivity contribution in [1.29, 1.82) is 0 Å². The van der Waals surface area contributed by atoms with Gasteiger partial charge in [0.2, 0.25) is 0 Å². The first-order chi connectivity index (χ1) is 9.42. The molecular weight excluding hydrogens is 306 g/mol. The van der Waals surface area contributed by atoms with E-state index in [1.54, 1.807) is 6.07 Å². The summed E-state index contributed by atoms with van der Waals surface area (Å²) in [5, 5.41) is 8.94. The zero-order chi connectivity index (χ0) is 14.8. The maximum absolute atomic E-state index is 12.1. The Hall–Kier alpha value is -2.19. The minimum absolute atomic E-state index is 0.0146. The fourth-order valence-electron chi connectivity index (χ4n) is 1.41. The highest BCUT2D eigenvalue weighted by Gasteiger charge is 2.22. The van der Waals surface area contributed by atoms with Gasteiger partial charge in [-0.15, -0.1) is 0 Å². The molecule has 1 heterocycles. The third-order valence-corrected chi connectivity index (χ3v) is 4.10. The van der Waals surface area contributed by atoms with E-state index in [-0.39, 0.29) is 15.7 Å². The highest BCUT2D eigenvalue weighted by Crippen LogP contribution is 2.23. The molecule has 2 rings (SSSR count). The van der Waals surface area contributed by atoms with Gasteiger partial charge in [-0.25, -0.2) is 23.2 Å². The van der Waals surface area contributed by atoms with E-state index in [4.69, 9.17) is 16.7 Å². The zero-order valence-corrected chi connectivity index (χ0v) is 11.4. The van der Waals surface area contributed by atoms with Crippen molar-refractivity contribution in [3.05, 3.63) is 47.4 Å². The molecule has 104 valence electrons. The number of aromatic nitrogens is 2. The topological polar surface area (TPSA) is 109 Å². The van der Waals surface area contributed by atoms with Crippen LogP contribution in [0.15, 0.2) is 41.6 Å². The molecule has 2 N–H and O–H groups in total. The van der Waals surface area contributed by atoms with Gasteiger partial charge in [0.05, 0.1) is 5.02 Å². The number of hydrogen-bond donors (Lipinski definition) is 2. The second-order valence-corrected chi connectivity index (χ2v) is 5.65. The Kier molecular flexibility index (Phi) is 3.86. The Morgan fingerprint density at radius 3 is 2.50 bits per heavy atom. The monoisotopic (exact) mass is 313 g/mol. The maximum Gasteiger partial charge on any atom is 0.358 e. The summed E-state index contributed by atoms with van der Waals surface area (Å²) in [4.78, 5) is 18.0. The van der Waals surface area contributed by atoms with E-state index in [1.165, 1.54) is 24.4 Å². The molecule has 0 saturated heterocycles. The van der Waals surface area contributed by atoms with Crippen LogP contribution >= 0.6 is 11.6 Å². The number of carboxylic acid groups (broad SMARTS) is 1. The van der Waals surface area contributed by atoms with Crippen molar-refractivity contribution in [2.45, 2.75) is 4.90 Å². The molecule has 9 heteroatoms. The van der Waals surface area contributed by atoms with Gasteiger partial charge in [-0.3, -0.25) is 4.72 Å². The molecule has 0 atom stereocenters. The number of carbonyl (C=O) groups is 1. The summed E-state index contributed by atoms with van der Waals surface area (Å²) in [7, 11) is -4.05. The van der Waals surface area contributed by atoms with Gasteiger partial charge in [0.25, 0.3) is 10.0 Å². The molecule has 0 radical (unpaired) electrons. The smallest absolute Gasteiger partial charge is 0.358 e. The molecule has 1 aromatic heterocycles. The van der Waals surface area contributed by atoms with Gasteiger partial charge in [-0.2, -0.15) is 0 Å². The van der Waals surface area contributed by atoms with E-state index in [9.17, 15) is 13.2 Å². The molecule has 0 saturated carbocycles. The molecule has 0 aliphatic carbocycles. The summed E-state index contributed by atoms with van der Waals surface area (Å²) < 4.78 is 26.3. The predicted octanol–water partition coefficient (Wildman–Crippen LogP) is 1.63. The Morgan fingerprint density at radius 2 is 1.85 bits per heavy atom. The quantitative estimate of drug-likeness (QED) is 0.887. The molecule has 1 aromatic carbocycles. The average Bonchev–Trinajstić information content (AvgIpc) is 2.39. The van der Waals surface area contributed by atoms with Crippen molar-refractivity contribution in [3.63, 3.8) is 0 Å². The first-order valence-corrected chi connectivity index (χ1v) is 7.09. The third kappa shape index (κ3) is 2.86. The molecule has 0 bridgehead atoms. The van der Waals surface area contributed by atoms with Gasteiger partial charge >= 0.3 is 5.97 Å². The van der Waals surface area contributed by atoms with Crippen LogP contribution in [0.25, 0.3) is 0 Å². The number of carboxylic acids is 1. The first kappa shape index (κ1) is 14.2. The molecular formula is C11H8ClN3O4S. The fraction of sp³-hybridized carbons (Fsp3) is 0. The van der Waals surface area contributed by atoms with Crippen LogP contribution in [0.4, 0.5) is 5.82 Å². The van der Waals surface area contributed by atoms with Crippen molar-refractivity contribution in [3.8, 4) is 0 Å². The van der Waals surface area contributed by atoms with Gasteiger partial charge in [-0.05, 0) is 12.1 Å². The minimum Gasteiger partial charge on any atom is -0.476 e. The molecule has 0 aliphatic heterocycles. The van der Waals surface area contributed by atoms with E-state index in [1.807, 2.05) is 0 Å². The number of benzene rings is 1. The molecule has 0 unspecified atom stereocenters. The molecule has 0 aliphatic rings. The van der Waals surface area contributed by atoms with Gasteiger partial charge < -0.3 is 5.11 Å². The Balaban J connectivity index is 2.45. The second-order valence-electron chi connectivity index (χ2n) is 3.59. The number of anilines is 1. The van der Waals surface area contributed by atoms with Crippen LogP contribution in [0.3, 0.4) is 0 Å². The van der Waals surface area contributed by atoms with Crippen molar-refractivity contribution < 1.29 is 18.3 Å². The summed E-state index contributed by atoms with van der Waals surface area (Å²) in [6.45, 7) is 0. The number of halogens is 1. The maximum atomic E-state index is 12.1. The van der Waals surface area contributed by atoms with E-state index < -0.39 is 21.7 Å². The number of rotatable bonds is 4.